The summed E-state index contributed by atoms with van der Waals surface area (Å²) in [6, 6.07) is 5.02. The van der Waals surface area contributed by atoms with E-state index in [1.54, 1.807) is 30.0 Å². The van der Waals surface area contributed by atoms with Gasteiger partial charge in [0.1, 0.15) is 17.3 Å². The number of halogens is 1. The lowest BCUT2D eigenvalue weighted by atomic mass is 10.2. The number of carbonyl (C=O) groups is 1. The van der Waals surface area contributed by atoms with Gasteiger partial charge in [-0.3, -0.25) is 18.7 Å². The minimum absolute atomic E-state index is 0.0551. The van der Waals surface area contributed by atoms with Crippen LogP contribution in [0.2, 0.25) is 0 Å². The summed E-state index contributed by atoms with van der Waals surface area (Å²) in [4.78, 5) is 57.5. The summed E-state index contributed by atoms with van der Waals surface area (Å²) in [5.74, 6) is 0.910. The maximum absolute atomic E-state index is 14.2. The van der Waals surface area contributed by atoms with E-state index in [0.29, 0.717) is 36.2 Å². The van der Waals surface area contributed by atoms with Crippen LogP contribution in [-0.2, 0) is 18.4 Å². The number of hydrogen-bond acceptors (Lipinski definition) is 9. The SMILES string of the molecule is C=C(Nc1cccc(-c2cnc(N3CC4C(C3)C4(C)F)nc2)n1)[C@H](C)n1cnc2c1c(=O)n(CC(C)=O)c(=O)n2C. The highest BCUT2D eigenvalue weighted by Gasteiger charge is 2.67. The molecule has 1 saturated heterocycles. The average Bonchev–Trinajstić information content (AvgIpc) is 3.38. The number of allylic oxidation sites excluding steroid dienone is 1. The first-order valence-electron chi connectivity index (χ1n) is 13.3. The molecule has 12 nitrogen and oxygen atoms in total. The number of piperidine rings is 1. The summed E-state index contributed by atoms with van der Waals surface area (Å²) < 4.78 is 18.0. The third-order valence-electron chi connectivity index (χ3n) is 8.28. The van der Waals surface area contributed by atoms with Crippen LogP contribution in [0.15, 0.2) is 58.8 Å². The number of alkyl halides is 1. The van der Waals surface area contributed by atoms with Gasteiger partial charge in [-0.25, -0.2) is 29.1 Å². The minimum Gasteiger partial charge on any atom is -0.342 e. The lowest BCUT2D eigenvalue weighted by Gasteiger charge is -2.20. The number of carbonyl (C=O) groups excluding carboxylic acids is 1. The van der Waals surface area contributed by atoms with E-state index in [1.807, 2.05) is 24.0 Å². The Morgan fingerprint density at radius 2 is 1.88 bits per heavy atom. The maximum atomic E-state index is 14.2. The largest absolute Gasteiger partial charge is 0.342 e. The molecule has 6 rings (SSSR count). The maximum Gasteiger partial charge on any atom is 0.332 e. The van der Waals surface area contributed by atoms with Gasteiger partial charge in [0.05, 0.1) is 24.6 Å². The lowest BCUT2D eigenvalue weighted by Crippen LogP contribution is -2.41. The first kappa shape index (κ1) is 26.5. The molecule has 2 fully saturated rings. The molecule has 0 spiro atoms. The first-order chi connectivity index (χ1) is 19.5. The van der Waals surface area contributed by atoms with Gasteiger partial charge in [0.25, 0.3) is 5.56 Å². The van der Waals surface area contributed by atoms with Gasteiger partial charge in [0, 0.05) is 55.6 Å². The topological polar surface area (TPSA) is 133 Å². The number of Topliss-reactive ketones (excluding diaryl/α,β-unsaturated/α-hetero) is 1. The zero-order valence-corrected chi connectivity index (χ0v) is 23.2. The number of anilines is 2. The zero-order valence-electron chi connectivity index (χ0n) is 23.2. The van der Waals surface area contributed by atoms with Crippen LogP contribution in [-0.4, -0.2) is 58.2 Å². The van der Waals surface area contributed by atoms with Crippen molar-refractivity contribution in [1.29, 1.82) is 0 Å². The number of imidazole rings is 1. The van der Waals surface area contributed by atoms with Crippen molar-refractivity contribution in [3.05, 3.63) is 70.0 Å². The Kier molecular flexibility index (Phi) is 6.12. The summed E-state index contributed by atoms with van der Waals surface area (Å²) in [7, 11) is 1.51. The van der Waals surface area contributed by atoms with Crippen molar-refractivity contribution >= 4 is 28.7 Å². The fourth-order valence-corrected chi connectivity index (χ4v) is 5.65. The molecule has 212 valence electrons. The molecule has 2 aliphatic rings. The second-order valence-corrected chi connectivity index (χ2v) is 11.0. The Hall–Kier alpha value is -4.68. The smallest absolute Gasteiger partial charge is 0.332 e. The Balaban J connectivity index is 1.20. The zero-order chi connectivity index (χ0) is 29.2. The van der Waals surface area contributed by atoms with E-state index in [1.165, 1.54) is 24.9 Å². The van der Waals surface area contributed by atoms with E-state index in [0.717, 1.165) is 10.1 Å². The van der Waals surface area contributed by atoms with E-state index >= 15 is 0 Å². The van der Waals surface area contributed by atoms with Crippen molar-refractivity contribution in [2.45, 2.75) is 39.0 Å². The number of nitrogens with zero attached hydrogens (tertiary/aromatic N) is 8. The van der Waals surface area contributed by atoms with Gasteiger partial charge < -0.3 is 14.8 Å². The Morgan fingerprint density at radius 1 is 1.20 bits per heavy atom. The molecule has 1 aliphatic carbocycles. The van der Waals surface area contributed by atoms with Crippen molar-refractivity contribution in [3.8, 4) is 11.3 Å². The molecule has 13 heteroatoms. The van der Waals surface area contributed by atoms with Gasteiger partial charge in [-0.2, -0.15) is 0 Å². The van der Waals surface area contributed by atoms with Crippen molar-refractivity contribution in [1.82, 2.24) is 33.6 Å². The number of aryl methyl sites for hydroxylation is 1. The molecule has 1 aliphatic heterocycles. The van der Waals surface area contributed by atoms with Crippen molar-refractivity contribution in [2.24, 2.45) is 18.9 Å². The molecule has 0 amide bonds. The molecule has 3 atom stereocenters. The first-order valence-corrected chi connectivity index (χ1v) is 13.3. The molecule has 0 bridgehead atoms. The van der Waals surface area contributed by atoms with Crippen LogP contribution in [0.1, 0.15) is 26.8 Å². The van der Waals surface area contributed by atoms with Crippen molar-refractivity contribution < 1.29 is 9.18 Å². The van der Waals surface area contributed by atoms with E-state index in [2.05, 4.69) is 31.8 Å². The number of hydrogen-bond donors (Lipinski definition) is 1. The van der Waals surface area contributed by atoms with Crippen LogP contribution in [0, 0.1) is 11.8 Å². The Morgan fingerprint density at radius 3 is 2.54 bits per heavy atom. The molecule has 1 N–H and O–H groups in total. The summed E-state index contributed by atoms with van der Waals surface area (Å²) >= 11 is 0. The highest BCUT2D eigenvalue weighted by molar-refractivity contribution is 5.76. The number of pyridine rings is 1. The van der Waals surface area contributed by atoms with Crippen molar-refractivity contribution in [3.63, 3.8) is 0 Å². The molecular weight excluding hydrogens is 529 g/mol. The predicted molar refractivity (Wildman–Crippen MR) is 151 cm³/mol. The second kappa shape index (κ2) is 9.46. The Labute approximate surface area is 234 Å². The minimum atomic E-state index is -1.06. The number of rotatable bonds is 8. The van der Waals surface area contributed by atoms with E-state index < -0.39 is 23.0 Å². The number of ketones is 1. The monoisotopic (exact) mass is 559 g/mol. The molecule has 0 aromatic carbocycles. The third kappa shape index (κ3) is 4.41. The van der Waals surface area contributed by atoms with Crippen LogP contribution < -0.4 is 21.5 Å². The molecule has 0 radical (unpaired) electrons. The molecule has 1 saturated carbocycles. The third-order valence-corrected chi connectivity index (χ3v) is 8.28. The average molecular weight is 560 g/mol. The lowest BCUT2D eigenvalue weighted by molar-refractivity contribution is -0.117. The summed E-state index contributed by atoms with van der Waals surface area (Å²) in [6.45, 7) is 9.90. The van der Waals surface area contributed by atoms with Gasteiger partial charge >= 0.3 is 5.69 Å². The second-order valence-electron chi connectivity index (χ2n) is 11.0. The van der Waals surface area contributed by atoms with Gasteiger partial charge in [0.2, 0.25) is 5.95 Å². The molecule has 4 aromatic rings. The van der Waals surface area contributed by atoms with Gasteiger partial charge in [-0.05, 0) is 32.9 Å². The number of nitrogens with one attached hydrogen (secondary N) is 1. The van der Waals surface area contributed by atoms with E-state index in [4.69, 9.17) is 0 Å². The van der Waals surface area contributed by atoms with Gasteiger partial charge in [-0.15, -0.1) is 0 Å². The van der Waals surface area contributed by atoms with Crippen LogP contribution in [0.5, 0.6) is 0 Å². The van der Waals surface area contributed by atoms with Crippen molar-refractivity contribution in [2.75, 3.05) is 23.3 Å². The Bertz CT molecular complexity index is 1810. The molecule has 2 unspecified atom stereocenters. The molecule has 41 heavy (non-hydrogen) atoms. The van der Waals surface area contributed by atoms with Gasteiger partial charge in [-0.1, -0.05) is 12.6 Å². The summed E-state index contributed by atoms with van der Waals surface area (Å²) in [6.07, 6.45) is 4.89. The fourth-order valence-electron chi connectivity index (χ4n) is 5.65. The standard InChI is InChI=1S/C28H30FN9O3/c1-15(39)11-37-25(40)23-24(35(5)27(37)41)32-14-38(23)17(3)16(2)33-22-8-6-7-21(34-22)18-9-30-26(31-10-18)36-12-19-20(13-36)28(19,4)29/h6-10,14,17,19-20H,2,11-13H2,1,3-5H3,(H,33,34)/t17-,19?,20?,28?/m0/s1. The summed E-state index contributed by atoms with van der Waals surface area (Å²) in [5, 5.41) is 3.20. The number of fused-ring (bicyclic) bond motifs is 2. The number of aromatic nitrogens is 7. The molecule has 5 heterocycles. The van der Waals surface area contributed by atoms with Crippen LogP contribution in [0.3, 0.4) is 0 Å². The molecule has 4 aromatic heterocycles. The summed E-state index contributed by atoms with van der Waals surface area (Å²) in [5.41, 5.74) is 0.0456. The quantitative estimate of drug-likeness (QED) is 0.345. The highest BCUT2D eigenvalue weighted by atomic mass is 19.1. The van der Waals surface area contributed by atoms with E-state index in [9.17, 15) is 18.8 Å². The van der Waals surface area contributed by atoms with Gasteiger partial charge in [0.15, 0.2) is 11.2 Å². The van der Waals surface area contributed by atoms with Crippen LogP contribution in [0.25, 0.3) is 22.4 Å². The molecular formula is C28H30FN9O3. The predicted octanol–water partition coefficient (Wildman–Crippen LogP) is 2.32. The highest BCUT2D eigenvalue weighted by Crippen LogP contribution is 2.58. The van der Waals surface area contributed by atoms with E-state index in [-0.39, 0.29) is 35.3 Å². The fraction of sp³-hybridized carbons (Fsp3) is 0.393. The van der Waals surface area contributed by atoms with Crippen LogP contribution in [0.4, 0.5) is 16.2 Å². The normalized spacial score (nSPS) is 22.0. The van der Waals surface area contributed by atoms with Crippen LogP contribution >= 0.6 is 0 Å².